The van der Waals surface area contributed by atoms with Crippen LogP contribution in [0.4, 0.5) is 5.82 Å². The Balaban J connectivity index is 2.15. The molecule has 2 rings (SSSR count). The molecule has 0 saturated heterocycles. The highest BCUT2D eigenvalue weighted by molar-refractivity contribution is 14.1. The van der Waals surface area contributed by atoms with Crippen molar-refractivity contribution in [1.82, 2.24) is 9.97 Å². The van der Waals surface area contributed by atoms with Gasteiger partial charge in [0.2, 0.25) is 0 Å². The molecule has 0 spiro atoms. The Hall–Kier alpha value is -0.390. The fraction of sp³-hybridized carbons (Fsp3) is 0.429. The summed E-state index contributed by atoms with van der Waals surface area (Å²) in [6, 6.07) is 0.653. The summed E-state index contributed by atoms with van der Waals surface area (Å²) < 4.78 is 0.956. The standard InChI is InChI=1S/C7H8IN3/c8-6-7(10-4-3-9-6)11-5-1-2-5/h3-5H,1-2H2,(H,10,11). The van der Waals surface area contributed by atoms with Gasteiger partial charge in [0, 0.05) is 18.4 Å². The Kier molecular flexibility index (Phi) is 1.93. The van der Waals surface area contributed by atoms with Crippen LogP contribution in [0, 0.1) is 3.70 Å². The Morgan fingerprint density at radius 2 is 2.09 bits per heavy atom. The normalized spacial score (nSPS) is 16.5. The molecule has 0 aromatic carbocycles. The second-order valence-corrected chi connectivity index (χ2v) is 3.64. The first kappa shape index (κ1) is 7.27. The van der Waals surface area contributed by atoms with Crippen LogP contribution < -0.4 is 5.32 Å². The highest BCUT2D eigenvalue weighted by Gasteiger charge is 2.22. The molecule has 1 heterocycles. The maximum atomic E-state index is 4.18. The van der Waals surface area contributed by atoms with Crippen molar-refractivity contribution in [1.29, 1.82) is 0 Å². The molecule has 0 aliphatic heterocycles. The minimum absolute atomic E-state index is 0.653. The van der Waals surface area contributed by atoms with E-state index in [0.717, 1.165) is 9.52 Å². The molecule has 1 aromatic heterocycles. The number of halogens is 1. The fourth-order valence-corrected chi connectivity index (χ4v) is 1.29. The molecule has 1 aliphatic rings. The molecule has 0 amide bonds. The predicted octanol–water partition coefficient (Wildman–Crippen LogP) is 1.66. The molecular weight excluding hydrogens is 253 g/mol. The van der Waals surface area contributed by atoms with Gasteiger partial charge in [0.15, 0.2) is 5.82 Å². The van der Waals surface area contributed by atoms with Gasteiger partial charge in [-0.1, -0.05) is 0 Å². The molecule has 1 fully saturated rings. The first-order valence-corrected chi connectivity index (χ1v) is 4.67. The van der Waals surface area contributed by atoms with Gasteiger partial charge in [0.25, 0.3) is 0 Å². The fourth-order valence-electron chi connectivity index (χ4n) is 0.839. The van der Waals surface area contributed by atoms with Gasteiger partial charge in [-0.25, -0.2) is 9.97 Å². The molecule has 0 bridgehead atoms. The van der Waals surface area contributed by atoms with E-state index in [1.54, 1.807) is 12.4 Å². The first-order chi connectivity index (χ1) is 5.36. The second kappa shape index (κ2) is 2.92. The summed E-state index contributed by atoms with van der Waals surface area (Å²) in [6.45, 7) is 0. The summed E-state index contributed by atoms with van der Waals surface area (Å²) in [5, 5.41) is 3.30. The van der Waals surface area contributed by atoms with Crippen molar-refractivity contribution in [2.45, 2.75) is 18.9 Å². The van der Waals surface area contributed by atoms with E-state index in [1.165, 1.54) is 12.8 Å². The van der Waals surface area contributed by atoms with E-state index in [9.17, 15) is 0 Å². The summed E-state index contributed by atoms with van der Waals surface area (Å²) in [5.41, 5.74) is 0. The number of nitrogens with zero attached hydrogens (tertiary/aromatic N) is 2. The van der Waals surface area contributed by atoms with Gasteiger partial charge < -0.3 is 5.32 Å². The number of aromatic nitrogens is 2. The average molecular weight is 261 g/mol. The predicted molar refractivity (Wildman–Crippen MR) is 51.4 cm³/mol. The highest BCUT2D eigenvalue weighted by atomic mass is 127. The maximum Gasteiger partial charge on any atom is 0.158 e. The zero-order chi connectivity index (χ0) is 7.68. The van der Waals surface area contributed by atoms with Crippen molar-refractivity contribution in [3.05, 3.63) is 16.1 Å². The van der Waals surface area contributed by atoms with E-state index in [1.807, 2.05) is 0 Å². The van der Waals surface area contributed by atoms with Crippen LogP contribution in [-0.2, 0) is 0 Å². The molecule has 3 nitrogen and oxygen atoms in total. The van der Waals surface area contributed by atoms with Gasteiger partial charge in [0.05, 0.1) is 0 Å². The van der Waals surface area contributed by atoms with Gasteiger partial charge in [0.1, 0.15) is 3.70 Å². The summed E-state index contributed by atoms with van der Waals surface area (Å²) in [4.78, 5) is 8.30. The van der Waals surface area contributed by atoms with Crippen LogP contribution in [0.25, 0.3) is 0 Å². The summed E-state index contributed by atoms with van der Waals surface area (Å²) in [7, 11) is 0. The van der Waals surface area contributed by atoms with E-state index >= 15 is 0 Å². The third-order valence-corrected chi connectivity index (χ3v) is 2.36. The van der Waals surface area contributed by atoms with Crippen molar-refractivity contribution < 1.29 is 0 Å². The molecule has 11 heavy (non-hydrogen) atoms. The Labute approximate surface area is 78.8 Å². The van der Waals surface area contributed by atoms with Gasteiger partial charge in [-0.3, -0.25) is 0 Å². The average Bonchev–Trinajstić information content (AvgIpc) is 2.78. The van der Waals surface area contributed by atoms with Crippen molar-refractivity contribution in [2.75, 3.05) is 5.32 Å². The minimum Gasteiger partial charge on any atom is -0.365 e. The lowest BCUT2D eigenvalue weighted by Crippen LogP contribution is -2.05. The molecule has 1 aromatic rings. The molecule has 58 valence electrons. The molecule has 1 saturated carbocycles. The third-order valence-electron chi connectivity index (χ3n) is 1.57. The lowest BCUT2D eigenvalue weighted by atomic mass is 10.6. The van der Waals surface area contributed by atoms with Crippen LogP contribution in [0.2, 0.25) is 0 Å². The SMILES string of the molecule is Ic1nccnc1NC1CC1. The zero-order valence-electron chi connectivity index (χ0n) is 5.92. The number of hydrogen-bond donors (Lipinski definition) is 1. The van der Waals surface area contributed by atoms with Gasteiger partial charge in [-0.2, -0.15) is 0 Å². The van der Waals surface area contributed by atoms with Crippen LogP contribution in [0.3, 0.4) is 0 Å². The molecule has 4 heteroatoms. The third kappa shape index (κ3) is 1.79. The van der Waals surface area contributed by atoms with Gasteiger partial charge in [-0.05, 0) is 35.4 Å². The van der Waals surface area contributed by atoms with Gasteiger partial charge in [-0.15, -0.1) is 0 Å². The van der Waals surface area contributed by atoms with Crippen molar-refractivity contribution in [3.63, 3.8) is 0 Å². The van der Waals surface area contributed by atoms with Crippen molar-refractivity contribution in [3.8, 4) is 0 Å². The molecule has 1 aliphatic carbocycles. The summed E-state index contributed by atoms with van der Waals surface area (Å²) in [5.74, 6) is 0.926. The highest BCUT2D eigenvalue weighted by Crippen LogP contribution is 2.24. The molecule has 1 N–H and O–H groups in total. The van der Waals surface area contributed by atoms with Crippen molar-refractivity contribution >= 4 is 28.4 Å². The van der Waals surface area contributed by atoms with Crippen molar-refractivity contribution in [2.24, 2.45) is 0 Å². The zero-order valence-corrected chi connectivity index (χ0v) is 8.08. The van der Waals surface area contributed by atoms with Crippen LogP contribution >= 0.6 is 22.6 Å². The number of nitrogens with one attached hydrogen (secondary N) is 1. The topological polar surface area (TPSA) is 37.8 Å². The largest absolute Gasteiger partial charge is 0.365 e. The second-order valence-electron chi connectivity index (χ2n) is 2.61. The maximum absolute atomic E-state index is 4.18. The Morgan fingerprint density at radius 3 is 2.73 bits per heavy atom. The smallest absolute Gasteiger partial charge is 0.158 e. The van der Waals surface area contributed by atoms with E-state index < -0.39 is 0 Å². The minimum atomic E-state index is 0.653. The number of rotatable bonds is 2. The van der Waals surface area contributed by atoms with Crippen LogP contribution in [0.1, 0.15) is 12.8 Å². The van der Waals surface area contributed by atoms with Crippen LogP contribution in [-0.4, -0.2) is 16.0 Å². The molecular formula is C7H8IN3. The monoisotopic (exact) mass is 261 g/mol. The number of hydrogen-bond acceptors (Lipinski definition) is 3. The summed E-state index contributed by atoms with van der Waals surface area (Å²) >= 11 is 2.19. The lowest BCUT2D eigenvalue weighted by molar-refractivity contribution is 1.07. The van der Waals surface area contributed by atoms with Crippen LogP contribution in [0.5, 0.6) is 0 Å². The number of anilines is 1. The quantitative estimate of drug-likeness (QED) is 0.822. The molecule has 0 unspecified atom stereocenters. The van der Waals surface area contributed by atoms with E-state index in [4.69, 9.17) is 0 Å². The molecule has 0 radical (unpaired) electrons. The lowest BCUT2D eigenvalue weighted by Gasteiger charge is -2.02. The van der Waals surface area contributed by atoms with E-state index in [-0.39, 0.29) is 0 Å². The summed E-state index contributed by atoms with van der Waals surface area (Å²) in [6.07, 6.45) is 5.96. The van der Waals surface area contributed by atoms with Gasteiger partial charge >= 0.3 is 0 Å². The Bertz CT molecular complexity index is 260. The van der Waals surface area contributed by atoms with E-state index in [2.05, 4.69) is 37.9 Å². The molecule has 0 atom stereocenters. The Morgan fingerprint density at radius 1 is 1.36 bits per heavy atom. The first-order valence-electron chi connectivity index (χ1n) is 3.59. The van der Waals surface area contributed by atoms with Crippen LogP contribution in [0.15, 0.2) is 12.4 Å². The van der Waals surface area contributed by atoms with E-state index in [0.29, 0.717) is 6.04 Å².